The monoisotopic (exact) mass is 276 g/mol. The normalized spacial score (nSPS) is 20.6. The van der Waals surface area contributed by atoms with E-state index in [2.05, 4.69) is 54.0 Å². The summed E-state index contributed by atoms with van der Waals surface area (Å²) in [7, 11) is 2.20. The second kappa shape index (κ2) is 7.04. The minimum atomic E-state index is 0.598. The van der Waals surface area contributed by atoms with Gasteiger partial charge in [-0.2, -0.15) is 0 Å². The number of likely N-dealkylation sites (N-methyl/N-ethyl adjacent to an activating group) is 1. The fraction of sp³-hybridized carbons (Fsp3) is 0.688. The summed E-state index contributed by atoms with van der Waals surface area (Å²) in [6.07, 6.45) is 3.92. The van der Waals surface area contributed by atoms with Crippen molar-refractivity contribution in [2.45, 2.75) is 33.4 Å². The highest BCUT2D eigenvalue weighted by Gasteiger charge is 2.22. The van der Waals surface area contributed by atoms with Crippen molar-refractivity contribution in [3.8, 4) is 0 Å². The smallest absolute Gasteiger partial charge is 0.0599 e. The topological polar surface area (TPSA) is 31.4 Å². The standard InChI is InChI=1S/C16H28N4/c1-13(2)9-18-10-15-5-6-17-11-16(15)20-8-7-19(4)14(3)12-20/h5-6,11,13-14,18H,7-10,12H2,1-4H3. The molecule has 1 aromatic rings. The van der Waals surface area contributed by atoms with Crippen LogP contribution in [0.4, 0.5) is 5.69 Å². The number of rotatable bonds is 5. The molecule has 0 radical (unpaired) electrons. The minimum Gasteiger partial charge on any atom is -0.367 e. The van der Waals surface area contributed by atoms with E-state index >= 15 is 0 Å². The molecule has 0 aliphatic carbocycles. The van der Waals surface area contributed by atoms with Crippen molar-refractivity contribution in [2.75, 3.05) is 38.1 Å². The summed E-state index contributed by atoms with van der Waals surface area (Å²) in [5.74, 6) is 0.684. The van der Waals surface area contributed by atoms with Crippen LogP contribution in [0.3, 0.4) is 0 Å². The molecule has 0 bridgehead atoms. The van der Waals surface area contributed by atoms with Gasteiger partial charge in [-0.1, -0.05) is 13.8 Å². The lowest BCUT2D eigenvalue weighted by Gasteiger charge is -2.39. The average molecular weight is 276 g/mol. The lowest BCUT2D eigenvalue weighted by atomic mass is 10.1. The number of aromatic nitrogens is 1. The molecule has 0 spiro atoms. The van der Waals surface area contributed by atoms with Crippen LogP contribution in [-0.4, -0.2) is 49.2 Å². The summed E-state index contributed by atoms with van der Waals surface area (Å²) in [5, 5.41) is 3.54. The van der Waals surface area contributed by atoms with E-state index < -0.39 is 0 Å². The van der Waals surface area contributed by atoms with Gasteiger partial charge in [-0.15, -0.1) is 0 Å². The highest BCUT2D eigenvalue weighted by Crippen LogP contribution is 2.22. The van der Waals surface area contributed by atoms with Crippen LogP contribution in [0, 0.1) is 5.92 Å². The van der Waals surface area contributed by atoms with E-state index in [4.69, 9.17) is 0 Å². The Bertz CT molecular complexity index is 419. The molecule has 1 aliphatic rings. The lowest BCUT2D eigenvalue weighted by molar-refractivity contribution is 0.234. The zero-order chi connectivity index (χ0) is 14.5. The molecular weight excluding hydrogens is 248 g/mol. The zero-order valence-electron chi connectivity index (χ0n) is 13.3. The number of pyridine rings is 1. The highest BCUT2D eigenvalue weighted by molar-refractivity contribution is 5.52. The van der Waals surface area contributed by atoms with Gasteiger partial charge in [-0.3, -0.25) is 4.98 Å². The Morgan fingerprint density at radius 1 is 1.40 bits per heavy atom. The van der Waals surface area contributed by atoms with Crippen LogP contribution in [0.15, 0.2) is 18.5 Å². The Balaban J connectivity index is 2.03. The molecule has 112 valence electrons. The zero-order valence-corrected chi connectivity index (χ0v) is 13.3. The Hall–Kier alpha value is -1.13. The molecule has 4 heteroatoms. The van der Waals surface area contributed by atoms with E-state index in [1.54, 1.807) is 0 Å². The first-order chi connectivity index (χ1) is 9.58. The maximum absolute atomic E-state index is 4.32. The van der Waals surface area contributed by atoms with E-state index in [0.717, 1.165) is 32.7 Å². The van der Waals surface area contributed by atoms with Crippen molar-refractivity contribution in [1.29, 1.82) is 0 Å². The van der Waals surface area contributed by atoms with Gasteiger partial charge in [0.1, 0.15) is 0 Å². The van der Waals surface area contributed by atoms with Crippen molar-refractivity contribution in [2.24, 2.45) is 5.92 Å². The molecule has 2 heterocycles. The number of anilines is 1. The molecule has 1 fully saturated rings. The Morgan fingerprint density at radius 2 is 2.20 bits per heavy atom. The summed E-state index contributed by atoms with van der Waals surface area (Å²) >= 11 is 0. The Morgan fingerprint density at radius 3 is 2.90 bits per heavy atom. The second-order valence-electron chi connectivity index (χ2n) is 6.30. The van der Waals surface area contributed by atoms with Gasteiger partial charge in [0.25, 0.3) is 0 Å². The van der Waals surface area contributed by atoms with E-state index in [1.165, 1.54) is 11.3 Å². The van der Waals surface area contributed by atoms with Gasteiger partial charge in [-0.05, 0) is 38.1 Å². The molecule has 4 nitrogen and oxygen atoms in total. The molecule has 0 amide bonds. The fourth-order valence-corrected chi connectivity index (χ4v) is 2.61. The van der Waals surface area contributed by atoms with Crippen LogP contribution in [0.5, 0.6) is 0 Å². The molecule has 1 atom stereocenters. The molecule has 0 saturated carbocycles. The van der Waals surface area contributed by atoms with Gasteiger partial charge in [0.15, 0.2) is 0 Å². The third-order valence-electron chi connectivity index (χ3n) is 4.06. The number of nitrogens with zero attached hydrogens (tertiary/aromatic N) is 3. The lowest BCUT2D eigenvalue weighted by Crippen LogP contribution is -2.50. The summed E-state index contributed by atoms with van der Waals surface area (Å²) in [6.45, 7) is 12.0. The van der Waals surface area contributed by atoms with E-state index in [9.17, 15) is 0 Å². The van der Waals surface area contributed by atoms with Gasteiger partial charge >= 0.3 is 0 Å². The minimum absolute atomic E-state index is 0.598. The van der Waals surface area contributed by atoms with Crippen LogP contribution >= 0.6 is 0 Å². The summed E-state index contributed by atoms with van der Waals surface area (Å²) in [5.41, 5.74) is 2.65. The molecule has 1 aromatic heterocycles. The second-order valence-corrected chi connectivity index (χ2v) is 6.30. The van der Waals surface area contributed by atoms with Crippen molar-refractivity contribution in [3.05, 3.63) is 24.0 Å². The number of hydrogen-bond donors (Lipinski definition) is 1. The van der Waals surface area contributed by atoms with Gasteiger partial charge in [0.05, 0.1) is 11.9 Å². The van der Waals surface area contributed by atoms with Crippen molar-refractivity contribution in [1.82, 2.24) is 15.2 Å². The predicted molar refractivity (Wildman–Crippen MR) is 85.1 cm³/mol. The molecule has 0 aromatic carbocycles. The molecule has 1 unspecified atom stereocenters. The van der Waals surface area contributed by atoms with E-state index in [-0.39, 0.29) is 0 Å². The third-order valence-corrected chi connectivity index (χ3v) is 4.06. The SMILES string of the molecule is CC(C)CNCc1ccncc1N1CCN(C)C(C)C1. The first kappa shape index (κ1) is 15.3. The molecule has 1 saturated heterocycles. The van der Waals surface area contributed by atoms with Crippen LogP contribution in [-0.2, 0) is 6.54 Å². The Labute approximate surface area is 123 Å². The third kappa shape index (κ3) is 3.93. The number of piperazine rings is 1. The van der Waals surface area contributed by atoms with Crippen LogP contribution in [0.25, 0.3) is 0 Å². The van der Waals surface area contributed by atoms with Crippen molar-refractivity contribution in [3.63, 3.8) is 0 Å². The van der Waals surface area contributed by atoms with Gasteiger partial charge < -0.3 is 15.1 Å². The first-order valence-corrected chi connectivity index (χ1v) is 7.66. The fourth-order valence-electron chi connectivity index (χ4n) is 2.61. The number of hydrogen-bond acceptors (Lipinski definition) is 4. The van der Waals surface area contributed by atoms with Crippen molar-refractivity contribution >= 4 is 5.69 Å². The maximum atomic E-state index is 4.32. The van der Waals surface area contributed by atoms with Crippen LogP contribution in [0.2, 0.25) is 0 Å². The van der Waals surface area contributed by atoms with Gasteiger partial charge in [0, 0.05) is 38.4 Å². The van der Waals surface area contributed by atoms with Crippen LogP contribution < -0.4 is 10.2 Å². The van der Waals surface area contributed by atoms with Gasteiger partial charge in [-0.25, -0.2) is 0 Å². The number of nitrogens with one attached hydrogen (secondary N) is 1. The van der Waals surface area contributed by atoms with E-state index in [1.807, 2.05) is 12.4 Å². The predicted octanol–water partition coefficient (Wildman–Crippen LogP) is 1.97. The quantitative estimate of drug-likeness (QED) is 0.891. The molecule has 20 heavy (non-hydrogen) atoms. The summed E-state index contributed by atoms with van der Waals surface area (Å²) in [6, 6.07) is 2.74. The summed E-state index contributed by atoms with van der Waals surface area (Å²) in [4.78, 5) is 9.22. The average Bonchev–Trinajstić information content (AvgIpc) is 2.42. The first-order valence-electron chi connectivity index (χ1n) is 7.66. The molecule has 1 aliphatic heterocycles. The van der Waals surface area contributed by atoms with Crippen molar-refractivity contribution < 1.29 is 0 Å². The van der Waals surface area contributed by atoms with E-state index in [0.29, 0.717) is 12.0 Å². The Kier molecular flexibility index (Phi) is 5.38. The summed E-state index contributed by atoms with van der Waals surface area (Å²) < 4.78 is 0. The van der Waals surface area contributed by atoms with Crippen LogP contribution in [0.1, 0.15) is 26.3 Å². The molecule has 1 N–H and O–H groups in total. The maximum Gasteiger partial charge on any atom is 0.0599 e. The largest absolute Gasteiger partial charge is 0.367 e. The highest BCUT2D eigenvalue weighted by atomic mass is 15.3. The molecular formula is C16H28N4. The van der Waals surface area contributed by atoms with Gasteiger partial charge in [0.2, 0.25) is 0 Å². The molecule has 2 rings (SSSR count).